The van der Waals surface area contributed by atoms with Crippen molar-refractivity contribution >= 4 is 44.8 Å². The maximum absolute atomic E-state index is 12.9. The van der Waals surface area contributed by atoms with Crippen LogP contribution >= 0.6 is 0 Å². The van der Waals surface area contributed by atoms with Gasteiger partial charge in [0.2, 0.25) is 0 Å². The lowest BCUT2D eigenvalue weighted by molar-refractivity contribution is 0.0695. The topological polar surface area (TPSA) is 220 Å². The first-order valence-electron chi connectivity index (χ1n) is 21.1. The Morgan fingerprint density at radius 3 is 1.45 bits per heavy atom. The fourth-order valence-electron chi connectivity index (χ4n) is 7.71. The van der Waals surface area contributed by atoms with Gasteiger partial charge in [-0.2, -0.15) is 20.4 Å². The number of carbonyl (C=O) groups is 2. The predicted octanol–water partition coefficient (Wildman–Crippen LogP) is 9.00. The molecule has 332 valence electrons. The molecule has 0 atom stereocenters. The Kier molecular flexibility index (Phi) is 12.7. The Morgan fingerprint density at radius 1 is 0.552 bits per heavy atom. The number of rotatable bonds is 7. The van der Waals surface area contributed by atoms with E-state index in [2.05, 4.69) is 35.9 Å². The van der Waals surface area contributed by atoms with Gasteiger partial charge in [-0.25, -0.2) is 24.4 Å². The summed E-state index contributed by atoms with van der Waals surface area (Å²) in [6, 6.07) is 45.2. The number of nitrogens with zero attached hydrogens (tertiary/aromatic N) is 6. The van der Waals surface area contributed by atoms with Crippen LogP contribution in [0.25, 0.3) is 55.4 Å². The lowest BCUT2D eigenvalue weighted by Gasteiger charge is -2.11. The van der Waals surface area contributed by atoms with Crippen molar-refractivity contribution in [2.75, 3.05) is 11.1 Å². The number of benzene rings is 6. The van der Waals surface area contributed by atoms with Gasteiger partial charge in [0.1, 0.15) is 5.56 Å². The average Bonchev–Trinajstić information content (AvgIpc) is 3.93. The second kappa shape index (κ2) is 19.2. The van der Waals surface area contributed by atoms with Gasteiger partial charge in [0.05, 0.1) is 62.9 Å². The van der Waals surface area contributed by atoms with E-state index >= 15 is 0 Å². The first-order valence-corrected chi connectivity index (χ1v) is 21.1. The molecular formula is C52H44N10O5. The van der Waals surface area contributed by atoms with Crippen LogP contribution in [-0.2, 0) is 0 Å². The number of amides is 1. The number of anilines is 2. The van der Waals surface area contributed by atoms with Crippen molar-refractivity contribution in [1.29, 1.82) is 0 Å². The lowest BCUT2D eigenvalue weighted by atomic mass is 10.0. The Hall–Kier alpha value is -9.24. The van der Waals surface area contributed by atoms with Gasteiger partial charge in [-0.05, 0) is 99.5 Å². The molecule has 0 aliphatic heterocycles. The summed E-state index contributed by atoms with van der Waals surface area (Å²) in [5.41, 5.74) is 15.9. The molecule has 15 heteroatoms. The van der Waals surface area contributed by atoms with Crippen LogP contribution in [0.5, 0.6) is 0 Å². The van der Waals surface area contributed by atoms with Gasteiger partial charge < -0.3 is 16.2 Å². The molecule has 0 spiro atoms. The first kappa shape index (κ1) is 44.4. The molecule has 10 aromatic rings. The molecule has 0 radical (unpaired) electrons. The number of para-hydroxylation sites is 2. The Morgan fingerprint density at radius 2 is 0.985 bits per heavy atom. The number of carboxylic acid groups (broad SMARTS) is 1. The monoisotopic (exact) mass is 888 g/mol. The molecule has 0 saturated heterocycles. The van der Waals surface area contributed by atoms with Gasteiger partial charge in [-0.15, -0.1) is 0 Å². The van der Waals surface area contributed by atoms with Crippen LogP contribution < -0.4 is 22.2 Å². The fraction of sp³-hybridized carbons (Fsp3) is 0.0769. The average molecular weight is 889 g/mol. The van der Waals surface area contributed by atoms with E-state index in [1.54, 1.807) is 34.6 Å². The van der Waals surface area contributed by atoms with Crippen molar-refractivity contribution in [3.8, 4) is 33.9 Å². The molecule has 4 aromatic heterocycles. The predicted molar refractivity (Wildman–Crippen MR) is 261 cm³/mol. The number of aromatic amines is 2. The van der Waals surface area contributed by atoms with E-state index in [1.807, 2.05) is 154 Å². The number of aromatic nitrogens is 8. The summed E-state index contributed by atoms with van der Waals surface area (Å²) in [7, 11) is 0. The largest absolute Gasteiger partial charge is 0.478 e. The van der Waals surface area contributed by atoms with Crippen molar-refractivity contribution in [2.24, 2.45) is 0 Å². The molecule has 0 bridgehead atoms. The maximum Gasteiger partial charge on any atom is 0.339 e. The molecule has 6 N–H and O–H groups in total. The number of H-pyrrole nitrogens is 2. The van der Waals surface area contributed by atoms with E-state index in [9.17, 15) is 19.2 Å². The molecule has 67 heavy (non-hydrogen) atoms. The van der Waals surface area contributed by atoms with Crippen LogP contribution in [0.3, 0.4) is 0 Å². The molecule has 0 unspecified atom stereocenters. The molecule has 10 rings (SSSR count). The van der Waals surface area contributed by atoms with Gasteiger partial charge in [-0.1, -0.05) is 84.9 Å². The van der Waals surface area contributed by atoms with Gasteiger partial charge in [0, 0.05) is 33.3 Å². The minimum absolute atomic E-state index is 0.174. The molecule has 1 amide bonds. The van der Waals surface area contributed by atoms with Crippen LogP contribution in [0.2, 0.25) is 0 Å². The third-order valence-corrected chi connectivity index (χ3v) is 11.1. The minimum Gasteiger partial charge on any atom is -0.478 e. The third-order valence-electron chi connectivity index (χ3n) is 11.1. The van der Waals surface area contributed by atoms with Gasteiger partial charge >= 0.3 is 5.97 Å². The number of aryl methyl sites for hydroxylation is 2. The maximum atomic E-state index is 12.9. The second-order valence-electron chi connectivity index (χ2n) is 15.5. The van der Waals surface area contributed by atoms with E-state index < -0.39 is 5.97 Å². The van der Waals surface area contributed by atoms with E-state index in [-0.39, 0.29) is 22.6 Å². The van der Waals surface area contributed by atoms with E-state index in [1.165, 1.54) is 6.20 Å². The van der Waals surface area contributed by atoms with Crippen LogP contribution in [0.15, 0.2) is 168 Å². The normalized spacial score (nSPS) is 10.7. The molecule has 6 aromatic carbocycles. The molecule has 0 fully saturated rings. The highest BCUT2D eigenvalue weighted by molar-refractivity contribution is 6.05. The molecule has 0 aliphatic rings. The number of hydrogen-bond acceptors (Lipinski definition) is 9. The summed E-state index contributed by atoms with van der Waals surface area (Å²) in [5.74, 6) is -1.18. The number of aromatic carboxylic acids is 1. The zero-order valence-electron chi connectivity index (χ0n) is 36.9. The SMILES string of the molecule is Cc1c(C(=O)O)cnn1-c1ccccc1.Cc1cc(N)ccc1-c1n[nH]c(=O)c2ccccc12.Cc1cc(NC(=O)c2cnn(-c3ccccc3)c2C)ccc1-c1n[nH]c(=O)c2ccccc12. The third kappa shape index (κ3) is 9.37. The summed E-state index contributed by atoms with van der Waals surface area (Å²) >= 11 is 0. The number of carbonyl (C=O) groups excluding carboxylic acids is 1. The first-order chi connectivity index (χ1) is 32.4. The number of nitrogens with one attached hydrogen (secondary N) is 3. The van der Waals surface area contributed by atoms with Crippen LogP contribution in [0.4, 0.5) is 11.4 Å². The van der Waals surface area contributed by atoms with Gasteiger partial charge in [0.25, 0.3) is 17.0 Å². The Labute approximate surface area is 383 Å². The molecule has 0 saturated carbocycles. The van der Waals surface area contributed by atoms with E-state index in [0.717, 1.165) is 61.5 Å². The molecular weight excluding hydrogens is 845 g/mol. The van der Waals surface area contributed by atoms with Gasteiger partial charge in [-0.3, -0.25) is 14.4 Å². The lowest BCUT2D eigenvalue weighted by Crippen LogP contribution is -2.13. The zero-order valence-corrected chi connectivity index (χ0v) is 36.9. The second-order valence-corrected chi connectivity index (χ2v) is 15.5. The van der Waals surface area contributed by atoms with Crippen LogP contribution in [-0.4, -0.2) is 56.9 Å². The number of fused-ring (bicyclic) bond motifs is 2. The van der Waals surface area contributed by atoms with Gasteiger partial charge in [0.15, 0.2) is 0 Å². The summed E-state index contributed by atoms with van der Waals surface area (Å²) in [4.78, 5) is 47.6. The van der Waals surface area contributed by atoms with E-state index in [0.29, 0.717) is 33.4 Å². The van der Waals surface area contributed by atoms with Crippen molar-refractivity contribution in [3.63, 3.8) is 0 Å². The smallest absolute Gasteiger partial charge is 0.339 e. The zero-order chi connectivity index (χ0) is 47.2. The summed E-state index contributed by atoms with van der Waals surface area (Å²) < 4.78 is 3.36. The highest BCUT2D eigenvalue weighted by Gasteiger charge is 2.18. The highest BCUT2D eigenvalue weighted by atomic mass is 16.4. The molecule has 4 heterocycles. The van der Waals surface area contributed by atoms with Crippen molar-refractivity contribution in [3.05, 3.63) is 212 Å². The quantitative estimate of drug-likeness (QED) is 0.0956. The summed E-state index contributed by atoms with van der Waals surface area (Å²) in [6.45, 7) is 7.54. The van der Waals surface area contributed by atoms with Crippen molar-refractivity contribution in [1.82, 2.24) is 40.0 Å². The highest BCUT2D eigenvalue weighted by Crippen LogP contribution is 2.30. The summed E-state index contributed by atoms with van der Waals surface area (Å²) in [5, 5.41) is 36.7. The fourth-order valence-corrected chi connectivity index (χ4v) is 7.71. The molecule has 0 aliphatic carbocycles. The number of nitrogen functional groups attached to an aromatic ring is 1. The number of carboxylic acids is 1. The van der Waals surface area contributed by atoms with Crippen LogP contribution in [0, 0.1) is 27.7 Å². The minimum atomic E-state index is -0.949. The summed E-state index contributed by atoms with van der Waals surface area (Å²) in [6.07, 6.45) is 2.94. The van der Waals surface area contributed by atoms with Crippen LogP contribution in [0.1, 0.15) is 43.2 Å². The molecule has 15 nitrogen and oxygen atoms in total. The van der Waals surface area contributed by atoms with E-state index in [4.69, 9.17) is 10.8 Å². The Balaban J connectivity index is 0.000000151. The van der Waals surface area contributed by atoms with Crippen molar-refractivity contribution < 1.29 is 14.7 Å². The standard InChI is InChI=1S/C26H21N5O2.C15H13N3O.C11H10N2O2/c1-16-14-18(12-13-20(16)24-21-10-6-7-11-22(21)26(33)30-29-24)28-25(32)23-15-27-31(17(23)2)19-8-4-3-5-9-19;1-9-8-10(16)6-7-11(9)14-12-4-2-3-5-13(12)15(19)18-17-14;1-8-10(11(14)15)7-12-13(8)9-5-3-2-4-6-9/h3-15H,1-2H3,(H,28,32)(H,30,33);2-8H,16H2,1H3,(H,18,19);2-7H,1H3,(H,14,15). The number of hydrogen-bond donors (Lipinski definition) is 5. The van der Waals surface area contributed by atoms with Crippen molar-refractivity contribution in [2.45, 2.75) is 27.7 Å². The number of nitrogens with two attached hydrogens (primary N) is 1. The Bertz CT molecular complexity index is 3560.